The maximum absolute atomic E-state index is 13.3. The fourth-order valence-corrected chi connectivity index (χ4v) is 5.32. The van der Waals surface area contributed by atoms with Gasteiger partial charge in [-0.2, -0.15) is 13.2 Å². The summed E-state index contributed by atoms with van der Waals surface area (Å²) >= 11 is 0. The van der Waals surface area contributed by atoms with Crippen molar-refractivity contribution in [3.05, 3.63) is 75.6 Å². The number of aromatic nitrogens is 1. The lowest BCUT2D eigenvalue weighted by Crippen LogP contribution is -2.45. The van der Waals surface area contributed by atoms with Crippen LogP contribution >= 0.6 is 0 Å². The highest BCUT2D eigenvalue weighted by molar-refractivity contribution is 5.87. The summed E-state index contributed by atoms with van der Waals surface area (Å²) in [6, 6.07) is 10.3. The number of aromatic hydroxyl groups is 1. The number of carboxylic acids is 1. The molecule has 9 nitrogen and oxygen atoms in total. The molecule has 0 unspecified atom stereocenters. The Labute approximate surface area is 262 Å². The fourth-order valence-electron chi connectivity index (χ4n) is 5.32. The number of carbonyl (C=O) groups excluding carboxylic acids is 1. The number of hydrogen-bond donors (Lipinski definition) is 4. The molecular formula is C32H38F5N3O6. The topological polar surface area (TPSA) is 132 Å². The number of rotatable bonds is 13. The van der Waals surface area contributed by atoms with Crippen molar-refractivity contribution in [2.24, 2.45) is 0 Å². The van der Waals surface area contributed by atoms with Gasteiger partial charge in [0.2, 0.25) is 11.5 Å². The molecule has 1 aromatic heterocycles. The van der Waals surface area contributed by atoms with Crippen LogP contribution < -0.4 is 10.9 Å². The lowest BCUT2D eigenvalue weighted by molar-refractivity contribution is -0.192. The zero-order valence-electron chi connectivity index (χ0n) is 25.2. The molecule has 0 spiro atoms. The van der Waals surface area contributed by atoms with Gasteiger partial charge in [0, 0.05) is 36.7 Å². The van der Waals surface area contributed by atoms with E-state index in [0.717, 1.165) is 42.7 Å². The van der Waals surface area contributed by atoms with Crippen LogP contribution in [-0.2, 0) is 27.2 Å². The second-order valence-corrected chi connectivity index (χ2v) is 10.9. The molecule has 1 amide bonds. The number of alkyl halides is 3. The lowest BCUT2D eigenvalue weighted by atomic mass is 9.94. The Morgan fingerprint density at radius 1 is 0.957 bits per heavy atom. The number of fused-ring (bicyclic) bond motifs is 1. The molecule has 46 heavy (non-hydrogen) atoms. The van der Waals surface area contributed by atoms with Gasteiger partial charge in [-0.25, -0.2) is 13.6 Å². The number of hydrogen-bond acceptors (Lipinski definition) is 6. The summed E-state index contributed by atoms with van der Waals surface area (Å²) in [7, 11) is 0. The third-order valence-electron chi connectivity index (χ3n) is 7.56. The Morgan fingerprint density at radius 2 is 1.63 bits per heavy atom. The summed E-state index contributed by atoms with van der Waals surface area (Å²) in [5, 5.41) is 21.4. The smallest absolute Gasteiger partial charge is 0.490 e. The summed E-state index contributed by atoms with van der Waals surface area (Å²) in [5.41, 5.74) is 1.74. The lowest BCUT2D eigenvalue weighted by Gasteiger charge is -2.34. The second kappa shape index (κ2) is 17.6. The van der Waals surface area contributed by atoms with Gasteiger partial charge in [0.05, 0.1) is 25.2 Å². The number of pyridine rings is 1. The van der Waals surface area contributed by atoms with Crippen LogP contribution in [0.5, 0.6) is 5.75 Å². The number of carboxylic acid groups (broad SMARTS) is 1. The third kappa shape index (κ3) is 11.7. The normalized spacial score (nSPS) is 13.7. The molecule has 0 aliphatic heterocycles. The van der Waals surface area contributed by atoms with E-state index in [1.54, 1.807) is 12.1 Å². The molecule has 3 aromatic rings. The number of nitrogens with one attached hydrogen (secondary N) is 2. The number of phenolic OH excluding ortho intramolecular Hbond substituents is 1. The van der Waals surface area contributed by atoms with Crippen LogP contribution in [0.2, 0.25) is 0 Å². The van der Waals surface area contributed by atoms with E-state index in [1.165, 1.54) is 24.6 Å². The van der Waals surface area contributed by atoms with Gasteiger partial charge in [-0.3, -0.25) is 9.59 Å². The van der Waals surface area contributed by atoms with E-state index < -0.39 is 23.8 Å². The summed E-state index contributed by atoms with van der Waals surface area (Å²) in [6.45, 7) is 2.51. The van der Waals surface area contributed by atoms with E-state index in [1.807, 2.05) is 11.0 Å². The highest BCUT2D eigenvalue weighted by Gasteiger charge is 2.38. The maximum Gasteiger partial charge on any atom is 0.490 e. The number of benzene rings is 2. The minimum atomic E-state index is -5.08. The van der Waals surface area contributed by atoms with E-state index in [0.29, 0.717) is 50.2 Å². The first-order valence-electron chi connectivity index (χ1n) is 15.0. The molecule has 1 aliphatic carbocycles. The van der Waals surface area contributed by atoms with Crippen LogP contribution in [0.3, 0.4) is 0 Å². The molecule has 0 atom stereocenters. The number of halogens is 5. The average Bonchev–Trinajstić information content (AvgIpc) is 2.99. The number of carbonyl (C=O) groups is 2. The zero-order valence-corrected chi connectivity index (χ0v) is 25.2. The Bertz CT molecular complexity index is 1490. The maximum atomic E-state index is 13.3. The van der Waals surface area contributed by atoms with E-state index in [4.69, 9.17) is 14.6 Å². The predicted molar refractivity (Wildman–Crippen MR) is 161 cm³/mol. The first kappa shape index (κ1) is 36.4. The Morgan fingerprint density at radius 3 is 2.28 bits per heavy atom. The molecule has 1 heterocycles. The molecule has 1 saturated carbocycles. The molecule has 0 radical (unpaired) electrons. The molecule has 4 N–H and O–H groups in total. The van der Waals surface area contributed by atoms with Gasteiger partial charge in [-0.1, -0.05) is 25.3 Å². The van der Waals surface area contributed by atoms with Crippen molar-refractivity contribution in [1.29, 1.82) is 0 Å². The Balaban J connectivity index is 0.000000738. The number of aromatic amines is 1. The van der Waals surface area contributed by atoms with Crippen LogP contribution in [0.4, 0.5) is 22.0 Å². The Kier molecular flexibility index (Phi) is 13.9. The number of H-pyrrole nitrogens is 1. The quantitative estimate of drug-likeness (QED) is 0.149. The minimum Gasteiger partial charge on any atom is -0.506 e. The SMILES string of the molecule is O=C(CCOCCc1cc(F)cc(F)c1)N(CCNCCc1ccc(O)c2[nH]c(=O)ccc12)C1CCCCC1.O=C(O)C(F)(F)F. The highest BCUT2D eigenvalue weighted by Crippen LogP contribution is 2.25. The molecule has 252 valence electrons. The predicted octanol–water partition coefficient (Wildman–Crippen LogP) is 5.09. The summed E-state index contributed by atoms with van der Waals surface area (Å²) in [5.74, 6) is -3.86. The third-order valence-corrected chi connectivity index (χ3v) is 7.56. The molecule has 4 rings (SSSR count). The van der Waals surface area contributed by atoms with Crippen molar-refractivity contribution in [2.75, 3.05) is 32.8 Å². The van der Waals surface area contributed by atoms with Crippen LogP contribution in [0.25, 0.3) is 10.9 Å². The van der Waals surface area contributed by atoms with Gasteiger partial charge in [0.25, 0.3) is 0 Å². The van der Waals surface area contributed by atoms with E-state index >= 15 is 0 Å². The van der Waals surface area contributed by atoms with E-state index in [-0.39, 0.29) is 36.3 Å². The monoisotopic (exact) mass is 655 g/mol. The van der Waals surface area contributed by atoms with Gasteiger partial charge in [-0.15, -0.1) is 0 Å². The van der Waals surface area contributed by atoms with Gasteiger partial charge in [0.15, 0.2) is 0 Å². The molecule has 14 heteroatoms. The largest absolute Gasteiger partial charge is 0.506 e. The number of aliphatic carboxylic acids is 1. The molecule has 0 saturated heterocycles. The van der Waals surface area contributed by atoms with Crippen molar-refractivity contribution in [1.82, 2.24) is 15.2 Å². The van der Waals surface area contributed by atoms with Gasteiger partial charge in [-0.05, 0) is 67.6 Å². The number of ether oxygens (including phenoxy) is 1. The molecule has 1 fully saturated rings. The fraction of sp³-hybridized carbons (Fsp3) is 0.469. The molecule has 2 aromatic carbocycles. The number of nitrogens with zero attached hydrogens (tertiary/aromatic N) is 1. The van der Waals surface area contributed by atoms with Crippen molar-refractivity contribution >= 4 is 22.8 Å². The van der Waals surface area contributed by atoms with E-state index in [9.17, 15) is 36.6 Å². The van der Waals surface area contributed by atoms with Gasteiger partial charge < -0.3 is 30.2 Å². The zero-order chi connectivity index (χ0) is 33.7. The second-order valence-electron chi connectivity index (χ2n) is 10.9. The van der Waals surface area contributed by atoms with Crippen molar-refractivity contribution in [3.8, 4) is 5.75 Å². The standard InChI is InChI=1S/C30H37F2N3O4.C2HF3O2/c31-23-18-21(19-24(32)20-23)11-16-39-17-12-29(38)35(25-4-2-1-3-5-25)15-14-33-13-10-22-6-8-27(36)30-26(22)7-9-28(37)34-30;3-2(4,5)1(6)7/h6-9,18-20,25,33,36H,1-5,10-17H2,(H,34,37);(H,6,7). The van der Waals surface area contributed by atoms with Crippen molar-refractivity contribution in [3.63, 3.8) is 0 Å². The van der Waals surface area contributed by atoms with Crippen LogP contribution in [0, 0.1) is 11.6 Å². The van der Waals surface area contributed by atoms with Crippen molar-refractivity contribution in [2.45, 2.75) is 63.6 Å². The van der Waals surface area contributed by atoms with Crippen molar-refractivity contribution < 1.29 is 46.5 Å². The van der Waals surface area contributed by atoms with E-state index in [2.05, 4.69) is 10.3 Å². The average molecular weight is 656 g/mol. The summed E-state index contributed by atoms with van der Waals surface area (Å²) < 4.78 is 64.0. The molecule has 0 bridgehead atoms. The van der Waals surface area contributed by atoms with Gasteiger partial charge >= 0.3 is 12.1 Å². The van der Waals surface area contributed by atoms with Crippen LogP contribution in [0.15, 0.2) is 47.3 Å². The highest BCUT2D eigenvalue weighted by atomic mass is 19.4. The molecular weight excluding hydrogens is 617 g/mol. The molecule has 1 aliphatic rings. The number of amides is 1. The number of phenols is 1. The first-order valence-corrected chi connectivity index (χ1v) is 15.0. The Hall–Kier alpha value is -4.04. The summed E-state index contributed by atoms with van der Waals surface area (Å²) in [4.78, 5) is 38.3. The minimum absolute atomic E-state index is 0.0490. The van der Waals surface area contributed by atoms with Crippen LogP contribution in [-0.4, -0.2) is 77.0 Å². The summed E-state index contributed by atoms with van der Waals surface area (Å²) in [6.07, 6.45) is 1.74. The van der Waals surface area contributed by atoms with Gasteiger partial charge in [0.1, 0.15) is 17.4 Å². The van der Waals surface area contributed by atoms with Crippen LogP contribution in [0.1, 0.15) is 49.7 Å². The first-order chi connectivity index (χ1) is 21.8.